The van der Waals surface area contributed by atoms with Crippen molar-refractivity contribution in [3.05, 3.63) is 64.9 Å². The highest BCUT2D eigenvalue weighted by molar-refractivity contribution is 7.10. The molecule has 1 N–H and O–H groups in total. The highest BCUT2D eigenvalue weighted by atomic mass is 32.1. The lowest BCUT2D eigenvalue weighted by Gasteiger charge is -2.38. The van der Waals surface area contributed by atoms with E-state index >= 15 is 0 Å². The molecule has 1 aromatic heterocycles. The molecule has 1 amide bonds. The number of amides is 1. The SMILES string of the molecule is C=C[C@@](C)(O)CN(CC(=O)N1CCc2sccc2[C@H]1COc1ccccc1)CC1CC1. The molecule has 0 saturated heterocycles. The molecule has 1 aromatic carbocycles. The number of carbonyl (C=O) groups excluding carboxylic acids is 1. The van der Waals surface area contributed by atoms with Crippen LogP contribution in [0.2, 0.25) is 0 Å². The van der Waals surface area contributed by atoms with Crippen molar-refractivity contribution < 1.29 is 14.6 Å². The second kappa shape index (κ2) is 9.55. The normalized spacial score (nSPS) is 20.2. The van der Waals surface area contributed by atoms with Gasteiger partial charge in [0.1, 0.15) is 12.4 Å². The van der Waals surface area contributed by atoms with E-state index in [-0.39, 0.29) is 11.9 Å². The quantitative estimate of drug-likeness (QED) is 0.570. The van der Waals surface area contributed by atoms with Crippen molar-refractivity contribution in [2.24, 2.45) is 5.92 Å². The molecule has 0 unspecified atom stereocenters. The van der Waals surface area contributed by atoms with Gasteiger partial charge in [0.2, 0.25) is 5.91 Å². The molecule has 31 heavy (non-hydrogen) atoms. The second-order valence-corrected chi connectivity index (χ2v) is 9.95. The van der Waals surface area contributed by atoms with Crippen LogP contribution in [0.1, 0.15) is 36.2 Å². The van der Waals surface area contributed by atoms with Crippen molar-refractivity contribution in [2.45, 2.75) is 37.8 Å². The summed E-state index contributed by atoms with van der Waals surface area (Å²) in [5, 5.41) is 12.6. The molecule has 5 nitrogen and oxygen atoms in total. The fourth-order valence-corrected chi connectivity index (χ4v) is 5.14. The molecule has 0 bridgehead atoms. The molecule has 2 aromatic rings. The summed E-state index contributed by atoms with van der Waals surface area (Å²) < 4.78 is 6.07. The summed E-state index contributed by atoms with van der Waals surface area (Å²) in [6.45, 7) is 8.20. The average Bonchev–Trinajstić information content (AvgIpc) is 3.44. The summed E-state index contributed by atoms with van der Waals surface area (Å²) >= 11 is 1.76. The van der Waals surface area contributed by atoms with Gasteiger partial charge in [-0.15, -0.1) is 17.9 Å². The molecule has 2 aliphatic rings. The summed E-state index contributed by atoms with van der Waals surface area (Å²) in [6, 6.07) is 11.8. The minimum Gasteiger partial charge on any atom is -0.491 e. The Labute approximate surface area is 188 Å². The topological polar surface area (TPSA) is 53.0 Å². The van der Waals surface area contributed by atoms with E-state index in [0.29, 0.717) is 32.2 Å². The van der Waals surface area contributed by atoms with Gasteiger partial charge in [-0.2, -0.15) is 0 Å². The van der Waals surface area contributed by atoms with E-state index in [9.17, 15) is 9.90 Å². The Bertz CT molecular complexity index is 891. The molecule has 1 saturated carbocycles. The molecule has 166 valence electrons. The van der Waals surface area contributed by atoms with Gasteiger partial charge in [0, 0.05) is 24.5 Å². The van der Waals surface area contributed by atoms with Crippen molar-refractivity contribution in [1.29, 1.82) is 0 Å². The number of carbonyl (C=O) groups is 1. The highest BCUT2D eigenvalue weighted by Gasteiger charge is 2.35. The third-order valence-electron chi connectivity index (χ3n) is 6.12. The first-order valence-electron chi connectivity index (χ1n) is 11.1. The first-order valence-corrected chi connectivity index (χ1v) is 11.9. The van der Waals surface area contributed by atoms with Crippen molar-refractivity contribution in [3.8, 4) is 5.75 Å². The average molecular weight is 441 g/mol. The fraction of sp³-hybridized carbons (Fsp3) is 0.480. The first-order chi connectivity index (χ1) is 14.9. The van der Waals surface area contributed by atoms with E-state index in [1.807, 2.05) is 35.2 Å². The number of aliphatic hydroxyl groups is 1. The molecule has 1 aliphatic heterocycles. The van der Waals surface area contributed by atoms with Crippen molar-refractivity contribution in [2.75, 3.05) is 32.8 Å². The zero-order chi connectivity index (χ0) is 21.8. The maximum atomic E-state index is 13.5. The largest absolute Gasteiger partial charge is 0.491 e. The van der Waals surface area contributed by atoms with Gasteiger partial charge in [0.15, 0.2) is 0 Å². The maximum Gasteiger partial charge on any atom is 0.237 e. The Morgan fingerprint density at radius 1 is 1.35 bits per heavy atom. The highest BCUT2D eigenvalue weighted by Crippen LogP contribution is 2.34. The Balaban J connectivity index is 1.48. The van der Waals surface area contributed by atoms with Gasteiger partial charge in [0.05, 0.1) is 18.2 Å². The number of nitrogens with zero attached hydrogens (tertiary/aromatic N) is 2. The van der Waals surface area contributed by atoms with Gasteiger partial charge in [-0.25, -0.2) is 0 Å². The lowest BCUT2D eigenvalue weighted by molar-refractivity contribution is -0.136. The number of fused-ring (bicyclic) bond motifs is 1. The predicted molar refractivity (Wildman–Crippen MR) is 124 cm³/mol. The lowest BCUT2D eigenvalue weighted by atomic mass is 10.00. The van der Waals surface area contributed by atoms with Gasteiger partial charge in [-0.3, -0.25) is 9.69 Å². The van der Waals surface area contributed by atoms with E-state index in [2.05, 4.69) is 22.9 Å². The fourth-order valence-electron chi connectivity index (χ4n) is 4.22. The van der Waals surface area contributed by atoms with Crippen LogP contribution in [0, 0.1) is 5.92 Å². The number of thiophene rings is 1. The minimum absolute atomic E-state index is 0.0922. The summed E-state index contributed by atoms with van der Waals surface area (Å²) in [5.74, 6) is 1.55. The smallest absolute Gasteiger partial charge is 0.237 e. The van der Waals surface area contributed by atoms with Crippen LogP contribution in [-0.2, 0) is 11.2 Å². The summed E-state index contributed by atoms with van der Waals surface area (Å²) in [7, 11) is 0. The monoisotopic (exact) mass is 440 g/mol. The first kappa shape index (κ1) is 22.1. The lowest BCUT2D eigenvalue weighted by Crippen LogP contribution is -2.49. The standard InChI is InChI=1S/C25H32N2O3S/c1-3-25(2,29)18-26(15-19-9-10-19)16-24(28)27-13-11-23-21(12-14-31-23)22(27)17-30-20-7-5-4-6-8-20/h3-8,12,14,19,22,29H,1,9-11,13,15-18H2,2H3/t22-,25-/m1/s1. The van der Waals surface area contributed by atoms with Crippen LogP contribution in [0.15, 0.2) is 54.4 Å². The number of para-hydroxylation sites is 1. The molecular weight excluding hydrogens is 408 g/mol. The molecular formula is C25H32N2O3S. The third-order valence-corrected chi connectivity index (χ3v) is 7.12. The number of hydrogen-bond donors (Lipinski definition) is 1. The van der Waals surface area contributed by atoms with Crippen molar-refractivity contribution in [3.63, 3.8) is 0 Å². The molecule has 4 rings (SSSR count). The van der Waals surface area contributed by atoms with Crippen LogP contribution in [0.3, 0.4) is 0 Å². The molecule has 1 fully saturated rings. The third kappa shape index (κ3) is 5.76. The summed E-state index contributed by atoms with van der Waals surface area (Å²) in [6.07, 6.45) is 4.85. The zero-order valence-corrected chi connectivity index (χ0v) is 19.0. The molecule has 0 spiro atoms. The molecule has 1 aliphatic carbocycles. The van der Waals surface area contributed by atoms with Crippen LogP contribution < -0.4 is 4.74 Å². The van der Waals surface area contributed by atoms with E-state index < -0.39 is 5.60 Å². The van der Waals surface area contributed by atoms with Crippen LogP contribution in [-0.4, -0.2) is 59.2 Å². The van der Waals surface area contributed by atoms with Crippen LogP contribution in [0.4, 0.5) is 0 Å². The van der Waals surface area contributed by atoms with E-state index in [1.165, 1.54) is 23.3 Å². The van der Waals surface area contributed by atoms with Crippen LogP contribution in [0.5, 0.6) is 5.75 Å². The molecule has 2 heterocycles. The van der Waals surface area contributed by atoms with Crippen molar-refractivity contribution >= 4 is 17.2 Å². The molecule has 2 atom stereocenters. The zero-order valence-electron chi connectivity index (χ0n) is 18.2. The summed E-state index contributed by atoms with van der Waals surface area (Å²) in [4.78, 5) is 18.9. The number of benzene rings is 1. The van der Waals surface area contributed by atoms with Crippen LogP contribution in [0.25, 0.3) is 0 Å². The van der Waals surface area contributed by atoms with Gasteiger partial charge < -0.3 is 14.7 Å². The Hall–Kier alpha value is -2.15. The maximum absolute atomic E-state index is 13.5. The van der Waals surface area contributed by atoms with E-state index in [1.54, 1.807) is 24.3 Å². The second-order valence-electron chi connectivity index (χ2n) is 8.95. The minimum atomic E-state index is -1.01. The van der Waals surface area contributed by atoms with Crippen molar-refractivity contribution in [1.82, 2.24) is 9.80 Å². The van der Waals surface area contributed by atoms with Gasteiger partial charge in [0.25, 0.3) is 0 Å². The van der Waals surface area contributed by atoms with E-state index in [0.717, 1.165) is 18.7 Å². The summed E-state index contributed by atoms with van der Waals surface area (Å²) in [5.41, 5.74) is 0.195. The van der Waals surface area contributed by atoms with E-state index in [4.69, 9.17) is 4.74 Å². The Kier molecular flexibility index (Phi) is 6.80. The number of rotatable bonds is 10. The predicted octanol–water partition coefficient (Wildman–Crippen LogP) is 3.90. The van der Waals surface area contributed by atoms with Gasteiger partial charge in [-0.05, 0) is 61.2 Å². The number of hydrogen-bond acceptors (Lipinski definition) is 5. The van der Waals surface area contributed by atoms with Gasteiger partial charge in [-0.1, -0.05) is 24.3 Å². The number of ether oxygens (including phenoxy) is 1. The van der Waals surface area contributed by atoms with Crippen LogP contribution >= 0.6 is 11.3 Å². The molecule has 0 radical (unpaired) electrons. The molecule has 6 heteroatoms. The Morgan fingerprint density at radius 2 is 2.13 bits per heavy atom. The Morgan fingerprint density at radius 3 is 2.84 bits per heavy atom. The van der Waals surface area contributed by atoms with Gasteiger partial charge >= 0.3 is 0 Å².